The molecule has 0 bridgehead atoms. The molecule has 7 heteroatoms. The molecule has 0 saturated carbocycles. The standard InChI is InChI=1S/C17H24N4O2S/c1-13(2)21(14(3)4)24(22,23)16-10-11-17(18-12-16)20-19-15-8-6-5-7-9-15/h5-14,19H,1-4H3,(H,18,20). The van der Waals surface area contributed by atoms with Crippen molar-refractivity contribution in [2.75, 3.05) is 10.9 Å². The molecule has 0 saturated heterocycles. The van der Waals surface area contributed by atoms with Crippen molar-refractivity contribution < 1.29 is 8.42 Å². The highest BCUT2D eigenvalue weighted by Crippen LogP contribution is 2.21. The van der Waals surface area contributed by atoms with E-state index in [-0.39, 0.29) is 17.0 Å². The minimum absolute atomic E-state index is 0.118. The van der Waals surface area contributed by atoms with E-state index in [9.17, 15) is 8.42 Å². The molecule has 0 spiro atoms. The third-order valence-corrected chi connectivity index (χ3v) is 5.67. The number of hydrogen-bond donors (Lipinski definition) is 2. The fourth-order valence-electron chi connectivity index (χ4n) is 2.54. The Bertz CT molecular complexity index is 736. The molecule has 6 nitrogen and oxygen atoms in total. The molecular weight excluding hydrogens is 324 g/mol. The van der Waals surface area contributed by atoms with Gasteiger partial charge in [-0.25, -0.2) is 13.4 Å². The zero-order chi connectivity index (χ0) is 17.7. The highest BCUT2D eigenvalue weighted by Gasteiger charge is 2.29. The zero-order valence-electron chi connectivity index (χ0n) is 14.4. The van der Waals surface area contributed by atoms with Crippen LogP contribution in [0.5, 0.6) is 0 Å². The highest BCUT2D eigenvalue weighted by molar-refractivity contribution is 7.89. The average molecular weight is 348 g/mol. The molecule has 1 aromatic heterocycles. The molecule has 2 N–H and O–H groups in total. The van der Waals surface area contributed by atoms with Crippen molar-refractivity contribution in [3.05, 3.63) is 48.7 Å². The molecule has 0 aliphatic heterocycles. The molecule has 0 atom stereocenters. The van der Waals surface area contributed by atoms with Crippen LogP contribution in [0.25, 0.3) is 0 Å². The van der Waals surface area contributed by atoms with E-state index >= 15 is 0 Å². The van der Waals surface area contributed by atoms with E-state index in [1.54, 1.807) is 12.1 Å². The second-order valence-electron chi connectivity index (χ2n) is 6.02. The van der Waals surface area contributed by atoms with Gasteiger partial charge < -0.3 is 0 Å². The first-order valence-electron chi connectivity index (χ1n) is 7.89. The maximum Gasteiger partial charge on any atom is 0.245 e. The van der Waals surface area contributed by atoms with Crippen LogP contribution in [0.1, 0.15) is 27.7 Å². The first-order valence-corrected chi connectivity index (χ1v) is 9.33. The number of rotatable bonds is 7. The predicted molar refractivity (Wildman–Crippen MR) is 97.2 cm³/mol. The van der Waals surface area contributed by atoms with Crippen LogP contribution in [-0.2, 0) is 10.0 Å². The van der Waals surface area contributed by atoms with Gasteiger partial charge in [-0.2, -0.15) is 4.31 Å². The Morgan fingerprint density at radius 2 is 1.54 bits per heavy atom. The normalized spacial score (nSPS) is 12.0. The molecule has 2 rings (SSSR count). The number of anilines is 2. The van der Waals surface area contributed by atoms with Gasteiger partial charge in [-0.05, 0) is 52.0 Å². The molecule has 24 heavy (non-hydrogen) atoms. The topological polar surface area (TPSA) is 74.3 Å². The van der Waals surface area contributed by atoms with Crippen LogP contribution < -0.4 is 10.9 Å². The van der Waals surface area contributed by atoms with Crippen molar-refractivity contribution in [1.29, 1.82) is 0 Å². The smallest absolute Gasteiger partial charge is 0.245 e. The van der Waals surface area contributed by atoms with E-state index in [4.69, 9.17) is 0 Å². The van der Waals surface area contributed by atoms with Gasteiger partial charge in [0, 0.05) is 18.3 Å². The van der Waals surface area contributed by atoms with E-state index in [1.165, 1.54) is 10.5 Å². The molecule has 0 radical (unpaired) electrons. The Labute approximate surface area is 143 Å². The van der Waals surface area contributed by atoms with Gasteiger partial charge in [-0.15, -0.1) is 0 Å². The van der Waals surface area contributed by atoms with E-state index in [2.05, 4.69) is 15.8 Å². The number of nitrogens with zero attached hydrogens (tertiary/aromatic N) is 2. The molecule has 0 amide bonds. The Balaban J connectivity index is 2.13. The van der Waals surface area contributed by atoms with Crippen LogP contribution in [0.4, 0.5) is 11.5 Å². The van der Waals surface area contributed by atoms with Gasteiger partial charge in [0.25, 0.3) is 0 Å². The van der Waals surface area contributed by atoms with Crippen molar-refractivity contribution in [3.8, 4) is 0 Å². The Kier molecular flexibility index (Phi) is 5.80. The Morgan fingerprint density at radius 3 is 2.04 bits per heavy atom. The van der Waals surface area contributed by atoms with E-state index in [1.807, 2.05) is 58.0 Å². The highest BCUT2D eigenvalue weighted by atomic mass is 32.2. The lowest BCUT2D eigenvalue weighted by atomic mass is 10.3. The minimum Gasteiger partial charge on any atom is -0.300 e. The van der Waals surface area contributed by atoms with Gasteiger partial charge in [-0.3, -0.25) is 10.9 Å². The van der Waals surface area contributed by atoms with Crippen LogP contribution in [0.3, 0.4) is 0 Å². The summed E-state index contributed by atoms with van der Waals surface area (Å²) >= 11 is 0. The second-order valence-corrected chi connectivity index (χ2v) is 7.86. The Morgan fingerprint density at radius 1 is 0.917 bits per heavy atom. The minimum atomic E-state index is -3.56. The molecule has 0 unspecified atom stereocenters. The van der Waals surface area contributed by atoms with Crippen molar-refractivity contribution in [2.45, 2.75) is 44.7 Å². The zero-order valence-corrected chi connectivity index (χ0v) is 15.2. The molecule has 1 heterocycles. The molecule has 0 fully saturated rings. The summed E-state index contributed by atoms with van der Waals surface area (Å²) < 4.78 is 27.0. The lowest BCUT2D eigenvalue weighted by Gasteiger charge is -2.29. The fraction of sp³-hybridized carbons (Fsp3) is 0.353. The summed E-state index contributed by atoms with van der Waals surface area (Å²) in [6, 6.07) is 12.6. The first-order chi connectivity index (χ1) is 11.3. The van der Waals surface area contributed by atoms with Crippen LogP contribution in [-0.4, -0.2) is 29.8 Å². The van der Waals surface area contributed by atoms with Gasteiger partial charge in [0.15, 0.2) is 0 Å². The first kappa shape index (κ1) is 18.2. The van der Waals surface area contributed by atoms with Crippen LogP contribution in [0.15, 0.2) is 53.6 Å². The van der Waals surface area contributed by atoms with Crippen molar-refractivity contribution in [2.24, 2.45) is 0 Å². The Hall–Kier alpha value is -2.12. The molecule has 0 aliphatic carbocycles. The molecule has 2 aromatic rings. The number of aromatic nitrogens is 1. The van der Waals surface area contributed by atoms with E-state index < -0.39 is 10.0 Å². The molecule has 1 aromatic carbocycles. The molecular formula is C17H24N4O2S. The van der Waals surface area contributed by atoms with E-state index in [0.717, 1.165) is 5.69 Å². The van der Waals surface area contributed by atoms with Gasteiger partial charge in [-0.1, -0.05) is 18.2 Å². The van der Waals surface area contributed by atoms with Crippen molar-refractivity contribution in [1.82, 2.24) is 9.29 Å². The number of nitrogens with one attached hydrogen (secondary N) is 2. The molecule has 130 valence electrons. The summed E-state index contributed by atoms with van der Waals surface area (Å²) in [7, 11) is -3.56. The monoisotopic (exact) mass is 348 g/mol. The number of sulfonamides is 1. The number of para-hydroxylation sites is 1. The van der Waals surface area contributed by atoms with Crippen LogP contribution >= 0.6 is 0 Å². The quantitative estimate of drug-likeness (QED) is 0.751. The lowest BCUT2D eigenvalue weighted by molar-refractivity contribution is 0.302. The van der Waals surface area contributed by atoms with Gasteiger partial charge >= 0.3 is 0 Å². The number of benzene rings is 1. The maximum atomic E-state index is 12.8. The summed E-state index contributed by atoms with van der Waals surface area (Å²) in [4.78, 5) is 4.37. The van der Waals surface area contributed by atoms with Gasteiger partial charge in [0.1, 0.15) is 10.7 Å². The summed E-state index contributed by atoms with van der Waals surface area (Å²) in [5.74, 6) is 0.540. The van der Waals surface area contributed by atoms with Crippen molar-refractivity contribution >= 4 is 21.5 Å². The number of hydrogen-bond acceptors (Lipinski definition) is 5. The summed E-state index contributed by atoms with van der Waals surface area (Å²) in [5, 5.41) is 0. The summed E-state index contributed by atoms with van der Waals surface area (Å²) in [6.07, 6.45) is 1.38. The van der Waals surface area contributed by atoms with Crippen LogP contribution in [0, 0.1) is 0 Å². The predicted octanol–water partition coefficient (Wildman–Crippen LogP) is 3.33. The van der Waals surface area contributed by atoms with Crippen molar-refractivity contribution in [3.63, 3.8) is 0 Å². The summed E-state index contributed by atoms with van der Waals surface area (Å²) in [6.45, 7) is 7.46. The van der Waals surface area contributed by atoms with Gasteiger partial charge in [0.2, 0.25) is 10.0 Å². The maximum absolute atomic E-state index is 12.8. The van der Waals surface area contributed by atoms with Crippen LogP contribution in [0.2, 0.25) is 0 Å². The average Bonchev–Trinajstić information content (AvgIpc) is 2.53. The molecule has 0 aliphatic rings. The van der Waals surface area contributed by atoms with E-state index in [0.29, 0.717) is 5.82 Å². The third kappa shape index (κ3) is 4.24. The second kappa shape index (κ2) is 7.63. The number of hydrazine groups is 1. The largest absolute Gasteiger partial charge is 0.300 e. The summed E-state index contributed by atoms with van der Waals surface area (Å²) in [5.41, 5.74) is 6.84. The third-order valence-electron chi connectivity index (χ3n) is 3.44. The van der Waals surface area contributed by atoms with Gasteiger partial charge in [0.05, 0.1) is 5.69 Å². The fourth-order valence-corrected chi connectivity index (χ4v) is 4.32. The number of pyridine rings is 1. The SMILES string of the molecule is CC(C)N(C(C)C)S(=O)(=O)c1ccc(NNc2ccccc2)nc1. The lowest BCUT2D eigenvalue weighted by Crippen LogP contribution is -2.41.